The highest BCUT2D eigenvalue weighted by Gasteiger charge is 2.05. The first-order valence-corrected chi connectivity index (χ1v) is 3.46. The van der Waals surface area contributed by atoms with E-state index in [1.54, 1.807) is 6.08 Å². The van der Waals surface area contributed by atoms with E-state index in [1.165, 1.54) is 0 Å². The van der Waals surface area contributed by atoms with E-state index in [9.17, 15) is 4.79 Å². The summed E-state index contributed by atoms with van der Waals surface area (Å²) in [5.74, 6) is -0.164. The molecule has 0 aromatic heterocycles. The summed E-state index contributed by atoms with van der Waals surface area (Å²) in [6, 6.07) is 0. The maximum atomic E-state index is 10.8. The Morgan fingerprint density at radius 3 is 2.60 bits per heavy atom. The Morgan fingerprint density at radius 2 is 2.20 bits per heavy atom. The number of allylic oxidation sites excluding steroid dienone is 1. The molecule has 0 unspecified atom stereocenters. The molecule has 0 saturated carbocycles. The van der Waals surface area contributed by atoms with Gasteiger partial charge in [0.15, 0.2) is 0 Å². The van der Waals surface area contributed by atoms with Gasteiger partial charge in [0.2, 0.25) is 0 Å². The summed E-state index contributed by atoms with van der Waals surface area (Å²) in [5.41, 5.74) is 0. The molecule has 10 heavy (non-hydrogen) atoms. The second-order valence-electron chi connectivity index (χ2n) is 2.35. The minimum absolute atomic E-state index is 0.0229. The van der Waals surface area contributed by atoms with Crippen LogP contribution in [0.15, 0.2) is 12.2 Å². The number of ether oxygens (including phenoxy) is 1. The van der Waals surface area contributed by atoms with Gasteiger partial charge in [-0.15, -0.1) is 0 Å². The van der Waals surface area contributed by atoms with E-state index in [1.807, 2.05) is 26.8 Å². The summed E-state index contributed by atoms with van der Waals surface area (Å²) >= 11 is 0. The molecule has 2 nitrogen and oxygen atoms in total. The molecule has 0 fully saturated rings. The van der Waals surface area contributed by atoms with Crippen LogP contribution >= 0.6 is 0 Å². The molecule has 58 valence electrons. The van der Waals surface area contributed by atoms with Crippen LogP contribution in [-0.4, -0.2) is 12.6 Å². The summed E-state index contributed by atoms with van der Waals surface area (Å²) in [4.78, 5) is 10.8. The molecule has 0 N–H and O–H groups in total. The minimum atomic E-state index is -0.141. The molecule has 0 aromatic carbocycles. The number of carbonyl (C=O) groups is 1. The van der Waals surface area contributed by atoms with Crippen molar-refractivity contribution >= 4 is 5.97 Å². The van der Waals surface area contributed by atoms with Crippen LogP contribution in [0.3, 0.4) is 0 Å². The quantitative estimate of drug-likeness (QED) is 0.443. The van der Waals surface area contributed by atoms with E-state index in [0.717, 1.165) is 0 Å². The molecule has 0 radical (unpaired) electrons. The first-order chi connectivity index (χ1) is 4.68. The molecule has 2 heteroatoms. The van der Waals surface area contributed by atoms with Gasteiger partial charge in [0, 0.05) is 0 Å². The highest BCUT2D eigenvalue weighted by atomic mass is 16.5. The van der Waals surface area contributed by atoms with Crippen LogP contribution in [0.4, 0.5) is 0 Å². The van der Waals surface area contributed by atoms with Crippen LogP contribution in [-0.2, 0) is 9.53 Å². The molecule has 0 aliphatic rings. The number of hydrogen-bond acceptors (Lipinski definition) is 2. The van der Waals surface area contributed by atoms with Gasteiger partial charge < -0.3 is 4.74 Å². The van der Waals surface area contributed by atoms with E-state index in [2.05, 4.69) is 0 Å². The van der Waals surface area contributed by atoms with Crippen LogP contribution in [0.25, 0.3) is 0 Å². The molecule has 0 saturated heterocycles. The van der Waals surface area contributed by atoms with Gasteiger partial charge in [-0.05, 0) is 6.92 Å². The molecule has 0 aliphatic heterocycles. The van der Waals surface area contributed by atoms with Crippen molar-refractivity contribution < 1.29 is 9.53 Å². The van der Waals surface area contributed by atoms with Crippen LogP contribution in [0.2, 0.25) is 0 Å². The molecular weight excluding hydrogens is 128 g/mol. The van der Waals surface area contributed by atoms with E-state index in [-0.39, 0.29) is 11.9 Å². The van der Waals surface area contributed by atoms with Crippen LogP contribution < -0.4 is 0 Å². The Hall–Kier alpha value is -0.790. The van der Waals surface area contributed by atoms with Gasteiger partial charge in [-0.2, -0.15) is 0 Å². The van der Waals surface area contributed by atoms with E-state index in [0.29, 0.717) is 6.61 Å². The fourth-order valence-corrected chi connectivity index (χ4v) is 0.393. The maximum Gasteiger partial charge on any atom is 0.308 e. The summed E-state index contributed by atoms with van der Waals surface area (Å²) in [5, 5.41) is 0. The van der Waals surface area contributed by atoms with Crippen LogP contribution in [0.1, 0.15) is 20.8 Å². The SMILES string of the molecule is CC=CCOC(=O)C(C)C. The van der Waals surface area contributed by atoms with E-state index in [4.69, 9.17) is 4.74 Å². The Labute approximate surface area is 61.9 Å². The monoisotopic (exact) mass is 142 g/mol. The Balaban J connectivity index is 3.40. The molecule has 0 heterocycles. The third kappa shape index (κ3) is 4.13. The van der Waals surface area contributed by atoms with Crippen molar-refractivity contribution in [3.05, 3.63) is 12.2 Å². The van der Waals surface area contributed by atoms with Gasteiger partial charge in [-0.3, -0.25) is 4.79 Å². The summed E-state index contributed by atoms with van der Waals surface area (Å²) in [6.07, 6.45) is 3.66. The molecule has 0 rings (SSSR count). The molecule has 0 atom stereocenters. The second-order valence-corrected chi connectivity index (χ2v) is 2.35. The lowest BCUT2D eigenvalue weighted by molar-refractivity contribution is -0.146. The van der Waals surface area contributed by atoms with Gasteiger partial charge in [0.1, 0.15) is 6.61 Å². The second kappa shape index (κ2) is 5.03. The third-order valence-electron chi connectivity index (χ3n) is 1.03. The molecule has 0 aromatic rings. The average Bonchev–Trinajstić information content (AvgIpc) is 1.88. The van der Waals surface area contributed by atoms with Gasteiger partial charge in [0.05, 0.1) is 5.92 Å². The molecule has 0 bridgehead atoms. The number of carbonyl (C=O) groups excluding carboxylic acids is 1. The lowest BCUT2D eigenvalue weighted by atomic mass is 10.2. The van der Waals surface area contributed by atoms with Crippen molar-refractivity contribution in [1.29, 1.82) is 0 Å². The Morgan fingerprint density at radius 1 is 1.60 bits per heavy atom. The number of esters is 1. The smallest absolute Gasteiger partial charge is 0.308 e. The van der Waals surface area contributed by atoms with Crippen molar-refractivity contribution in [2.24, 2.45) is 5.92 Å². The zero-order valence-electron chi connectivity index (χ0n) is 6.76. The van der Waals surface area contributed by atoms with E-state index < -0.39 is 0 Å². The molecule has 0 aliphatic carbocycles. The maximum absolute atomic E-state index is 10.8. The predicted octanol–water partition coefficient (Wildman–Crippen LogP) is 1.76. The van der Waals surface area contributed by atoms with Crippen molar-refractivity contribution in [1.82, 2.24) is 0 Å². The first-order valence-electron chi connectivity index (χ1n) is 3.46. The molecule has 0 spiro atoms. The van der Waals surface area contributed by atoms with Crippen LogP contribution in [0.5, 0.6) is 0 Å². The Bertz CT molecular complexity index is 125. The lowest BCUT2D eigenvalue weighted by Crippen LogP contribution is -2.11. The molecular formula is C8H14O2. The zero-order valence-corrected chi connectivity index (χ0v) is 6.76. The highest BCUT2D eigenvalue weighted by molar-refractivity contribution is 5.71. The first kappa shape index (κ1) is 9.21. The highest BCUT2D eigenvalue weighted by Crippen LogP contribution is 1.94. The predicted molar refractivity (Wildman–Crippen MR) is 40.6 cm³/mol. The van der Waals surface area contributed by atoms with Crippen molar-refractivity contribution in [2.75, 3.05) is 6.61 Å². The standard InChI is InChI=1S/C8H14O2/c1-4-5-6-10-8(9)7(2)3/h4-5,7H,6H2,1-3H3. The average molecular weight is 142 g/mol. The Kier molecular flexibility index (Phi) is 4.63. The van der Waals surface area contributed by atoms with Crippen molar-refractivity contribution in [2.45, 2.75) is 20.8 Å². The third-order valence-corrected chi connectivity index (χ3v) is 1.03. The fraction of sp³-hybridized carbons (Fsp3) is 0.625. The largest absolute Gasteiger partial charge is 0.461 e. The van der Waals surface area contributed by atoms with Crippen molar-refractivity contribution in [3.63, 3.8) is 0 Å². The molecule has 0 amide bonds. The summed E-state index contributed by atoms with van der Waals surface area (Å²) < 4.78 is 4.82. The zero-order chi connectivity index (χ0) is 7.98. The summed E-state index contributed by atoms with van der Waals surface area (Å²) in [6.45, 7) is 5.92. The number of hydrogen-bond donors (Lipinski definition) is 0. The lowest BCUT2D eigenvalue weighted by Gasteiger charge is -2.02. The topological polar surface area (TPSA) is 26.3 Å². The fourth-order valence-electron chi connectivity index (χ4n) is 0.393. The minimum Gasteiger partial charge on any atom is -0.461 e. The number of rotatable bonds is 3. The summed E-state index contributed by atoms with van der Waals surface area (Å²) in [7, 11) is 0. The van der Waals surface area contributed by atoms with Gasteiger partial charge >= 0.3 is 5.97 Å². The van der Waals surface area contributed by atoms with Gasteiger partial charge in [0.25, 0.3) is 0 Å². The normalized spacial score (nSPS) is 10.8. The van der Waals surface area contributed by atoms with Gasteiger partial charge in [-0.1, -0.05) is 26.0 Å². The van der Waals surface area contributed by atoms with Crippen molar-refractivity contribution in [3.8, 4) is 0 Å². The van der Waals surface area contributed by atoms with Crippen LogP contribution in [0, 0.1) is 5.92 Å². The van der Waals surface area contributed by atoms with Gasteiger partial charge in [-0.25, -0.2) is 0 Å². The van der Waals surface area contributed by atoms with E-state index >= 15 is 0 Å².